The average molecular weight is 473 g/mol. The fourth-order valence-electron chi connectivity index (χ4n) is 4.51. The van der Waals surface area contributed by atoms with Crippen LogP contribution >= 0.6 is 0 Å². The molecule has 1 fully saturated rings. The fourth-order valence-corrected chi connectivity index (χ4v) is 6.24. The molecule has 0 N–H and O–H groups in total. The summed E-state index contributed by atoms with van der Waals surface area (Å²) in [5.41, 5.74) is 2.99. The summed E-state index contributed by atoms with van der Waals surface area (Å²) in [6.45, 7) is 7.97. The van der Waals surface area contributed by atoms with Crippen molar-refractivity contribution in [3.63, 3.8) is 0 Å². The molecule has 6 nitrogen and oxygen atoms in total. The molecule has 0 spiro atoms. The van der Waals surface area contributed by atoms with Gasteiger partial charge in [-0.1, -0.05) is 12.1 Å². The van der Waals surface area contributed by atoms with Crippen molar-refractivity contribution < 1.29 is 22.0 Å². The van der Waals surface area contributed by atoms with E-state index in [4.69, 9.17) is 4.42 Å². The Balaban J connectivity index is 1.67. The van der Waals surface area contributed by atoms with Crippen molar-refractivity contribution in [1.29, 1.82) is 0 Å². The van der Waals surface area contributed by atoms with Crippen LogP contribution in [0, 0.1) is 12.7 Å². The fraction of sp³-hybridized carbons (Fsp3) is 0.400. The molecule has 1 amide bonds. The standard InChI is InChI=1S/C25H29FN2O4S/c1-4-27(5-2)20-9-6-18(7-10-20)15-28(21-12-13-33(30,31)16-21)25(29)24-17(3)22-14-19(26)8-11-23(22)32-24/h6-11,14,21H,4-5,12-13,15-16H2,1-3H3. The first-order chi connectivity index (χ1) is 15.7. The molecule has 176 valence electrons. The van der Waals surface area contributed by atoms with E-state index in [-0.39, 0.29) is 29.7 Å². The second kappa shape index (κ2) is 9.17. The largest absolute Gasteiger partial charge is 0.451 e. The second-order valence-corrected chi connectivity index (χ2v) is 10.8. The van der Waals surface area contributed by atoms with Gasteiger partial charge in [-0.3, -0.25) is 4.79 Å². The monoisotopic (exact) mass is 472 g/mol. The van der Waals surface area contributed by atoms with Gasteiger partial charge in [0, 0.05) is 42.3 Å². The van der Waals surface area contributed by atoms with Gasteiger partial charge < -0.3 is 14.2 Å². The Bertz CT molecular complexity index is 1260. The van der Waals surface area contributed by atoms with Gasteiger partial charge in [0.15, 0.2) is 15.6 Å². The van der Waals surface area contributed by atoms with Crippen molar-refractivity contribution in [2.75, 3.05) is 29.5 Å². The van der Waals surface area contributed by atoms with Gasteiger partial charge in [0.05, 0.1) is 11.5 Å². The number of carbonyl (C=O) groups excluding carboxylic acids is 1. The Morgan fingerprint density at radius 1 is 1.12 bits per heavy atom. The number of fused-ring (bicyclic) bond motifs is 1. The van der Waals surface area contributed by atoms with Crippen molar-refractivity contribution in [2.24, 2.45) is 0 Å². The molecule has 1 aromatic heterocycles. The third-order valence-electron chi connectivity index (χ3n) is 6.42. The Labute approximate surface area is 193 Å². The number of sulfone groups is 1. The molecule has 2 heterocycles. The third kappa shape index (κ3) is 4.76. The number of halogens is 1. The number of amides is 1. The minimum Gasteiger partial charge on any atom is -0.451 e. The summed E-state index contributed by atoms with van der Waals surface area (Å²) in [5.74, 6) is -0.660. The lowest BCUT2D eigenvalue weighted by Crippen LogP contribution is -2.40. The zero-order chi connectivity index (χ0) is 23.8. The van der Waals surface area contributed by atoms with Gasteiger partial charge in [-0.05, 0) is 63.1 Å². The Morgan fingerprint density at radius 2 is 1.82 bits per heavy atom. The average Bonchev–Trinajstić information content (AvgIpc) is 3.32. The number of benzene rings is 2. The highest BCUT2D eigenvalue weighted by atomic mass is 32.2. The molecular formula is C25H29FN2O4S. The first-order valence-electron chi connectivity index (χ1n) is 11.3. The van der Waals surface area contributed by atoms with Crippen LogP contribution in [0.25, 0.3) is 11.0 Å². The van der Waals surface area contributed by atoms with E-state index < -0.39 is 21.7 Å². The second-order valence-electron chi connectivity index (χ2n) is 8.53. The van der Waals surface area contributed by atoms with Gasteiger partial charge in [-0.15, -0.1) is 0 Å². The molecule has 0 bridgehead atoms. The van der Waals surface area contributed by atoms with Crippen LogP contribution in [0.1, 0.15) is 41.9 Å². The molecule has 0 radical (unpaired) electrons. The van der Waals surface area contributed by atoms with Crippen molar-refractivity contribution in [2.45, 2.75) is 39.8 Å². The van der Waals surface area contributed by atoms with Crippen LogP contribution in [0.15, 0.2) is 46.9 Å². The highest BCUT2D eigenvalue weighted by Gasteiger charge is 2.36. The Morgan fingerprint density at radius 3 is 2.42 bits per heavy atom. The van der Waals surface area contributed by atoms with E-state index in [1.54, 1.807) is 11.8 Å². The lowest BCUT2D eigenvalue weighted by Gasteiger charge is -2.28. The van der Waals surface area contributed by atoms with Crippen molar-refractivity contribution in [3.8, 4) is 0 Å². The summed E-state index contributed by atoms with van der Waals surface area (Å²) in [6, 6.07) is 11.7. The van der Waals surface area contributed by atoms with Gasteiger partial charge >= 0.3 is 0 Å². The summed E-state index contributed by atoms with van der Waals surface area (Å²) in [6.07, 6.45) is 0.388. The Hall–Kier alpha value is -2.87. The van der Waals surface area contributed by atoms with E-state index in [1.165, 1.54) is 18.2 Å². The maximum atomic E-state index is 13.7. The number of anilines is 1. The van der Waals surface area contributed by atoms with E-state index in [1.807, 2.05) is 24.3 Å². The quantitative estimate of drug-likeness (QED) is 0.504. The molecule has 0 aliphatic carbocycles. The maximum absolute atomic E-state index is 13.7. The SMILES string of the molecule is CCN(CC)c1ccc(CN(C(=O)c2oc3ccc(F)cc3c2C)C2CCS(=O)(=O)C2)cc1. The lowest BCUT2D eigenvalue weighted by atomic mass is 10.1. The molecule has 8 heteroatoms. The molecular weight excluding hydrogens is 443 g/mol. The van der Waals surface area contributed by atoms with Crippen LogP contribution in [0.4, 0.5) is 10.1 Å². The van der Waals surface area contributed by atoms with Gasteiger partial charge in [0.1, 0.15) is 11.4 Å². The van der Waals surface area contributed by atoms with E-state index in [9.17, 15) is 17.6 Å². The number of aryl methyl sites for hydroxylation is 1. The minimum absolute atomic E-state index is 0.0622. The van der Waals surface area contributed by atoms with Crippen LogP contribution in [0.5, 0.6) is 0 Å². The van der Waals surface area contributed by atoms with E-state index in [0.717, 1.165) is 24.3 Å². The predicted molar refractivity (Wildman–Crippen MR) is 128 cm³/mol. The first-order valence-corrected chi connectivity index (χ1v) is 13.1. The first kappa shape index (κ1) is 23.3. The predicted octanol–water partition coefficient (Wildman–Crippen LogP) is 4.56. The zero-order valence-corrected chi connectivity index (χ0v) is 20.0. The normalized spacial score (nSPS) is 17.4. The molecule has 1 saturated heterocycles. The summed E-state index contributed by atoms with van der Waals surface area (Å²) < 4.78 is 43.9. The van der Waals surface area contributed by atoms with Gasteiger partial charge in [-0.25, -0.2) is 12.8 Å². The number of furan rings is 1. The van der Waals surface area contributed by atoms with Crippen LogP contribution in [-0.2, 0) is 16.4 Å². The number of nitrogens with zero attached hydrogens (tertiary/aromatic N) is 2. The minimum atomic E-state index is -3.19. The maximum Gasteiger partial charge on any atom is 0.290 e. The lowest BCUT2D eigenvalue weighted by molar-refractivity contribution is 0.0649. The third-order valence-corrected chi connectivity index (χ3v) is 8.17. The van der Waals surface area contributed by atoms with E-state index in [0.29, 0.717) is 23.0 Å². The molecule has 1 aliphatic heterocycles. The Kier molecular flexibility index (Phi) is 6.47. The van der Waals surface area contributed by atoms with Crippen molar-refractivity contribution in [3.05, 3.63) is 65.2 Å². The van der Waals surface area contributed by atoms with Gasteiger partial charge in [0.25, 0.3) is 5.91 Å². The summed E-state index contributed by atoms with van der Waals surface area (Å²) >= 11 is 0. The van der Waals surface area contributed by atoms with E-state index in [2.05, 4.69) is 18.7 Å². The van der Waals surface area contributed by atoms with Crippen LogP contribution < -0.4 is 4.90 Å². The number of carbonyl (C=O) groups is 1. The van der Waals surface area contributed by atoms with Crippen LogP contribution in [0.2, 0.25) is 0 Å². The summed E-state index contributed by atoms with van der Waals surface area (Å²) in [4.78, 5) is 17.5. The number of hydrogen-bond donors (Lipinski definition) is 0. The molecule has 3 aromatic rings. The molecule has 4 rings (SSSR count). The van der Waals surface area contributed by atoms with Crippen molar-refractivity contribution in [1.82, 2.24) is 4.90 Å². The molecule has 2 aromatic carbocycles. The van der Waals surface area contributed by atoms with Crippen molar-refractivity contribution >= 4 is 32.4 Å². The smallest absolute Gasteiger partial charge is 0.290 e. The highest BCUT2D eigenvalue weighted by molar-refractivity contribution is 7.91. The highest BCUT2D eigenvalue weighted by Crippen LogP contribution is 2.30. The molecule has 0 saturated carbocycles. The molecule has 33 heavy (non-hydrogen) atoms. The number of rotatable bonds is 7. The van der Waals surface area contributed by atoms with E-state index >= 15 is 0 Å². The molecule has 1 aliphatic rings. The van der Waals surface area contributed by atoms with Gasteiger partial charge in [-0.2, -0.15) is 0 Å². The van der Waals surface area contributed by atoms with Gasteiger partial charge in [0.2, 0.25) is 0 Å². The zero-order valence-electron chi connectivity index (χ0n) is 19.2. The number of hydrogen-bond acceptors (Lipinski definition) is 5. The topological polar surface area (TPSA) is 70.8 Å². The van der Waals surface area contributed by atoms with Crippen LogP contribution in [0.3, 0.4) is 0 Å². The summed E-state index contributed by atoms with van der Waals surface area (Å²) in [5, 5.41) is 0.543. The molecule has 1 atom stereocenters. The summed E-state index contributed by atoms with van der Waals surface area (Å²) in [7, 11) is -3.19. The molecule has 1 unspecified atom stereocenters. The van der Waals surface area contributed by atoms with Crippen LogP contribution in [-0.4, -0.2) is 49.9 Å².